The summed E-state index contributed by atoms with van der Waals surface area (Å²) in [5, 5.41) is 3.13. The van der Waals surface area contributed by atoms with Crippen molar-refractivity contribution in [1.29, 1.82) is 0 Å². The molecule has 15 heavy (non-hydrogen) atoms. The van der Waals surface area contributed by atoms with Gasteiger partial charge in [-0.2, -0.15) is 0 Å². The van der Waals surface area contributed by atoms with E-state index in [-0.39, 0.29) is 0 Å². The lowest BCUT2D eigenvalue weighted by Gasteiger charge is -2.22. The van der Waals surface area contributed by atoms with Crippen LogP contribution in [0, 0.1) is 0 Å². The zero-order valence-electron chi connectivity index (χ0n) is 10.3. The van der Waals surface area contributed by atoms with Crippen molar-refractivity contribution in [1.82, 2.24) is 15.1 Å². The monoisotopic (exact) mass is 211 g/mol. The van der Waals surface area contributed by atoms with Gasteiger partial charge in [-0.1, -0.05) is 6.58 Å². The van der Waals surface area contributed by atoms with Crippen LogP contribution in [0.1, 0.15) is 12.8 Å². The Kier molecular flexibility index (Phi) is 5.91. The largest absolute Gasteiger partial charge is 0.316 e. The molecule has 0 atom stereocenters. The van der Waals surface area contributed by atoms with Gasteiger partial charge in [0, 0.05) is 26.2 Å². The van der Waals surface area contributed by atoms with Crippen LogP contribution in [0.15, 0.2) is 12.2 Å². The number of nitrogens with zero attached hydrogens (tertiary/aromatic N) is 2. The molecule has 1 aliphatic heterocycles. The second-order valence-electron chi connectivity index (χ2n) is 4.57. The Morgan fingerprint density at radius 2 is 2.07 bits per heavy atom. The van der Waals surface area contributed by atoms with Gasteiger partial charge in [0.1, 0.15) is 0 Å². The number of hydrogen-bond acceptors (Lipinski definition) is 3. The SMILES string of the molecule is C=C(CNC)CN(C)CCN1CCCC1. The van der Waals surface area contributed by atoms with Crippen molar-refractivity contribution in [3.8, 4) is 0 Å². The first kappa shape index (κ1) is 12.7. The minimum Gasteiger partial charge on any atom is -0.316 e. The highest BCUT2D eigenvalue weighted by atomic mass is 15.2. The smallest absolute Gasteiger partial charge is 0.0200 e. The van der Waals surface area contributed by atoms with Gasteiger partial charge < -0.3 is 15.1 Å². The molecule has 0 aliphatic carbocycles. The summed E-state index contributed by atoms with van der Waals surface area (Å²) in [6.07, 6.45) is 2.77. The highest BCUT2D eigenvalue weighted by molar-refractivity contribution is 4.98. The Morgan fingerprint density at radius 3 is 2.67 bits per heavy atom. The molecular weight excluding hydrogens is 186 g/mol. The number of likely N-dealkylation sites (tertiary alicyclic amines) is 1. The van der Waals surface area contributed by atoms with Crippen LogP contribution in [0.5, 0.6) is 0 Å². The third-order valence-corrected chi connectivity index (χ3v) is 2.92. The third-order valence-electron chi connectivity index (χ3n) is 2.92. The van der Waals surface area contributed by atoms with Gasteiger partial charge in [0.05, 0.1) is 0 Å². The molecule has 0 unspecified atom stereocenters. The molecule has 0 amide bonds. The Bertz CT molecular complexity index is 185. The van der Waals surface area contributed by atoms with E-state index < -0.39 is 0 Å². The summed E-state index contributed by atoms with van der Waals surface area (Å²) >= 11 is 0. The summed E-state index contributed by atoms with van der Waals surface area (Å²) in [6.45, 7) is 10.9. The molecule has 0 aromatic heterocycles. The molecule has 88 valence electrons. The third kappa shape index (κ3) is 5.30. The molecule has 0 aromatic rings. The highest BCUT2D eigenvalue weighted by Crippen LogP contribution is 2.06. The predicted octanol–water partition coefficient (Wildman–Crippen LogP) is 0.790. The van der Waals surface area contributed by atoms with Crippen LogP contribution >= 0.6 is 0 Å². The van der Waals surface area contributed by atoms with Crippen LogP contribution in [0.3, 0.4) is 0 Å². The zero-order valence-corrected chi connectivity index (χ0v) is 10.3. The van der Waals surface area contributed by atoms with Crippen LogP contribution in [0.25, 0.3) is 0 Å². The van der Waals surface area contributed by atoms with Gasteiger partial charge in [-0.05, 0) is 45.6 Å². The van der Waals surface area contributed by atoms with E-state index in [2.05, 4.69) is 28.7 Å². The van der Waals surface area contributed by atoms with E-state index in [1.165, 1.54) is 38.0 Å². The first-order valence-corrected chi connectivity index (χ1v) is 5.94. The van der Waals surface area contributed by atoms with Crippen molar-refractivity contribution in [3.05, 3.63) is 12.2 Å². The zero-order chi connectivity index (χ0) is 11.1. The van der Waals surface area contributed by atoms with Gasteiger partial charge in [0.2, 0.25) is 0 Å². The lowest BCUT2D eigenvalue weighted by Crippen LogP contribution is -2.33. The van der Waals surface area contributed by atoms with E-state index >= 15 is 0 Å². The summed E-state index contributed by atoms with van der Waals surface area (Å²) in [7, 11) is 4.15. The quantitative estimate of drug-likeness (QED) is 0.628. The maximum atomic E-state index is 4.05. The van der Waals surface area contributed by atoms with Gasteiger partial charge in [-0.25, -0.2) is 0 Å². The molecular formula is C12H25N3. The molecule has 3 heteroatoms. The van der Waals surface area contributed by atoms with E-state index in [1.807, 2.05) is 7.05 Å². The normalized spacial score (nSPS) is 17.5. The maximum absolute atomic E-state index is 4.05. The Hall–Kier alpha value is -0.380. The van der Waals surface area contributed by atoms with E-state index in [1.54, 1.807) is 0 Å². The van der Waals surface area contributed by atoms with Gasteiger partial charge in [-0.15, -0.1) is 0 Å². The lowest BCUT2D eigenvalue weighted by molar-refractivity contribution is 0.267. The fourth-order valence-electron chi connectivity index (χ4n) is 2.09. The van der Waals surface area contributed by atoms with Crippen LogP contribution < -0.4 is 5.32 Å². The summed E-state index contributed by atoms with van der Waals surface area (Å²) in [6, 6.07) is 0. The maximum Gasteiger partial charge on any atom is 0.0200 e. The number of nitrogens with one attached hydrogen (secondary N) is 1. The van der Waals surface area contributed by atoms with Crippen LogP contribution in [0.4, 0.5) is 0 Å². The van der Waals surface area contributed by atoms with Gasteiger partial charge in [0.25, 0.3) is 0 Å². The van der Waals surface area contributed by atoms with Crippen molar-refractivity contribution in [2.45, 2.75) is 12.8 Å². The van der Waals surface area contributed by atoms with Gasteiger partial charge in [0.15, 0.2) is 0 Å². The first-order chi connectivity index (χ1) is 7.22. The molecule has 1 aliphatic rings. The average molecular weight is 211 g/mol. The molecule has 0 bridgehead atoms. The molecule has 1 heterocycles. The average Bonchev–Trinajstić information content (AvgIpc) is 2.67. The fraction of sp³-hybridized carbons (Fsp3) is 0.833. The fourth-order valence-corrected chi connectivity index (χ4v) is 2.09. The standard InChI is InChI=1S/C12H25N3/c1-12(10-13-2)11-14(3)8-9-15-6-4-5-7-15/h13H,1,4-11H2,2-3H3. The van der Waals surface area contributed by atoms with Crippen molar-refractivity contribution in [3.63, 3.8) is 0 Å². The van der Waals surface area contributed by atoms with Crippen LogP contribution in [-0.2, 0) is 0 Å². The van der Waals surface area contributed by atoms with Crippen molar-refractivity contribution < 1.29 is 0 Å². The first-order valence-electron chi connectivity index (χ1n) is 5.94. The molecule has 0 saturated carbocycles. The van der Waals surface area contributed by atoms with E-state index in [0.29, 0.717) is 0 Å². The second kappa shape index (κ2) is 6.99. The number of likely N-dealkylation sites (N-methyl/N-ethyl adjacent to an activating group) is 2. The lowest BCUT2D eigenvalue weighted by atomic mass is 10.3. The minimum absolute atomic E-state index is 0.925. The van der Waals surface area contributed by atoms with Crippen molar-refractivity contribution in [2.24, 2.45) is 0 Å². The molecule has 0 aromatic carbocycles. The molecule has 1 rings (SSSR count). The van der Waals surface area contributed by atoms with Crippen LogP contribution in [0.2, 0.25) is 0 Å². The molecule has 0 radical (unpaired) electrons. The Morgan fingerprint density at radius 1 is 1.40 bits per heavy atom. The molecule has 1 N–H and O–H groups in total. The Balaban J connectivity index is 2.06. The van der Waals surface area contributed by atoms with E-state index in [0.717, 1.165) is 19.6 Å². The van der Waals surface area contributed by atoms with Crippen LogP contribution in [-0.4, -0.2) is 63.2 Å². The van der Waals surface area contributed by atoms with Gasteiger partial charge >= 0.3 is 0 Å². The Labute approximate surface area is 94.1 Å². The van der Waals surface area contributed by atoms with Crippen molar-refractivity contribution >= 4 is 0 Å². The predicted molar refractivity (Wildman–Crippen MR) is 66.2 cm³/mol. The number of rotatable bonds is 7. The molecule has 1 saturated heterocycles. The minimum atomic E-state index is 0.925. The summed E-state index contributed by atoms with van der Waals surface area (Å²) < 4.78 is 0. The second-order valence-corrected chi connectivity index (χ2v) is 4.57. The summed E-state index contributed by atoms with van der Waals surface area (Å²) in [5.74, 6) is 0. The summed E-state index contributed by atoms with van der Waals surface area (Å²) in [5.41, 5.74) is 1.27. The molecule has 1 fully saturated rings. The topological polar surface area (TPSA) is 18.5 Å². The highest BCUT2D eigenvalue weighted by Gasteiger charge is 2.11. The molecule has 3 nitrogen and oxygen atoms in total. The van der Waals surface area contributed by atoms with E-state index in [4.69, 9.17) is 0 Å². The van der Waals surface area contributed by atoms with Gasteiger partial charge in [-0.3, -0.25) is 0 Å². The van der Waals surface area contributed by atoms with E-state index in [9.17, 15) is 0 Å². The number of hydrogen-bond donors (Lipinski definition) is 1. The van der Waals surface area contributed by atoms with Crippen molar-refractivity contribution in [2.75, 3.05) is 53.4 Å². The summed E-state index contributed by atoms with van der Waals surface area (Å²) in [4.78, 5) is 4.91. The molecule has 0 spiro atoms.